The number of phenols is 1. The topological polar surface area (TPSA) is 242 Å². The Morgan fingerprint density at radius 3 is 2.07 bits per heavy atom. The molecular formula is C17H22N2O10S. The van der Waals surface area contributed by atoms with E-state index in [1.165, 1.54) is 12.1 Å². The number of sulfonamides is 1. The fraction of sp³-hybridized carbons (Fsp3) is 0.294. The summed E-state index contributed by atoms with van der Waals surface area (Å²) in [6.45, 7) is -0.705. The SMILES string of the molecule is NS(=O)(=O)c1cc(C(=O)O)c(O)c2ccccc12.N[C@@H](C=O)[C@@H](O)[C@H](O)[C@H](O)CO. The first-order valence-corrected chi connectivity index (χ1v) is 9.78. The Morgan fingerprint density at radius 2 is 1.63 bits per heavy atom. The molecule has 10 N–H and O–H groups in total. The van der Waals surface area contributed by atoms with Crippen molar-refractivity contribution >= 4 is 33.1 Å². The maximum Gasteiger partial charge on any atom is 0.339 e. The number of rotatable bonds is 7. The number of aliphatic hydroxyl groups is 4. The van der Waals surface area contributed by atoms with Gasteiger partial charge in [0.1, 0.15) is 35.9 Å². The molecule has 166 valence electrons. The molecule has 0 aliphatic rings. The Hall–Kier alpha value is -2.65. The predicted molar refractivity (Wildman–Crippen MR) is 103 cm³/mol. The van der Waals surface area contributed by atoms with Crippen molar-refractivity contribution in [2.75, 3.05) is 6.61 Å². The van der Waals surface area contributed by atoms with Crippen molar-refractivity contribution in [2.24, 2.45) is 10.9 Å². The second-order valence-corrected chi connectivity index (χ2v) is 7.64. The van der Waals surface area contributed by atoms with Gasteiger partial charge in [-0.15, -0.1) is 0 Å². The van der Waals surface area contributed by atoms with Gasteiger partial charge < -0.3 is 41.2 Å². The van der Waals surface area contributed by atoms with E-state index in [0.29, 0.717) is 0 Å². The average Bonchev–Trinajstić information content (AvgIpc) is 2.71. The second kappa shape index (κ2) is 10.4. The molecule has 2 rings (SSSR count). The summed E-state index contributed by atoms with van der Waals surface area (Å²) in [4.78, 5) is 20.6. The molecular weight excluding hydrogens is 424 g/mol. The third-order valence-electron chi connectivity index (χ3n) is 4.00. The van der Waals surface area contributed by atoms with E-state index in [4.69, 9.17) is 36.4 Å². The Labute approximate surface area is 170 Å². The molecule has 0 aliphatic heterocycles. The minimum atomic E-state index is -4.08. The van der Waals surface area contributed by atoms with Gasteiger partial charge in [0.25, 0.3) is 0 Å². The first-order valence-electron chi connectivity index (χ1n) is 8.23. The first kappa shape index (κ1) is 25.4. The number of hydrogen-bond donors (Lipinski definition) is 8. The van der Waals surface area contributed by atoms with E-state index < -0.39 is 58.3 Å². The van der Waals surface area contributed by atoms with Gasteiger partial charge in [-0.25, -0.2) is 18.4 Å². The highest BCUT2D eigenvalue weighted by Crippen LogP contribution is 2.33. The zero-order valence-corrected chi connectivity index (χ0v) is 16.2. The molecule has 13 heteroatoms. The van der Waals surface area contributed by atoms with Crippen LogP contribution in [-0.4, -0.2) is 82.3 Å². The summed E-state index contributed by atoms with van der Waals surface area (Å²) in [6, 6.07) is 5.58. The lowest BCUT2D eigenvalue weighted by Gasteiger charge is -2.23. The molecule has 4 atom stereocenters. The van der Waals surface area contributed by atoms with Gasteiger partial charge in [-0.3, -0.25) is 0 Å². The van der Waals surface area contributed by atoms with Crippen molar-refractivity contribution in [3.63, 3.8) is 0 Å². The normalized spacial score (nSPS) is 15.4. The number of hydrogen-bond acceptors (Lipinski definition) is 10. The van der Waals surface area contributed by atoms with Gasteiger partial charge in [-0.2, -0.15) is 0 Å². The Bertz CT molecular complexity index is 1010. The zero-order chi connectivity index (χ0) is 23.2. The number of carboxylic acids is 1. The maximum atomic E-state index is 11.4. The first-order chi connectivity index (χ1) is 13.9. The molecule has 0 aliphatic carbocycles. The van der Waals surface area contributed by atoms with E-state index in [-0.39, 0.29) is 22.0 Å². The summed E-state index contributed by atoms with van der Waals surface area (Å²) < 4.78 is 22.9. The van der Waals surface area contributed by atoms with Crippen LogP contribution in [0.2, 0.25) is 0 Å². The number of carboxylic acid groups (broad SMARTS) is 1. The summed E-state index contributed by atoms with van der Waals surface area (Å²) in [5.41, 5.74) is 4.54. The van der Waals surface area contributed by atoms with E-state index in [1.807, 2.05) is 0 Å². The standard InChI is InChI=1S/C11H9NO5S.C6H13NO5/c12-18(16,17)9-5-8(11(14)15)10(13)7-4-2-1-3-6(7)9;7-3(1-8)5(11)6(12)4(10)2-9/h1-5,13H,(H,14,15)(H2,12,16,17);1,3-6,9-12H,2,7H2/t;3-,4+,5+,6+/m.0/s1. The molecule has 2 aromatic rings. The minimum absolute atomic E-state index is 0.126. The average molecular weight is 446 g/mol. The fourth-order valence-electron chi connectivity index (χ4n) is 2.37. The number of fused-ring (bicyclic) bond motifs is 1. The van der Waals surface area contributed by atoms with Crippen LogP contribution in [0.4, 0.5) is 0 Å². The summed E-state index contributed by atoms with van der Waals surface area (Å²) >= 11 is 0. The van der Waals surface area contributed by atoms with Gasteiger partial charge in [-0.05, 0) is 6.07 Å². The van der Waals surface area contributed by atoms with Gasteiger partial charge >= 0.3 is 5.97 Å². The van der Waals surface area contributed by atoms with Crippen LogP contribution in [0.5, 0.6) is 5.75 Å². The van der Waals surface area contributed by atoms with Gasteiger partial charge in [0.2, 0.25) is 10.0 Å². The summed E-state index contributed by atoms with van der Waals surface area (Å²) in [6.07, 6.45) is -4.43. The molecule has 0 saturated heterocycles. The Kier molecular flexibility index (Phi) is 8.80. The van der Waals surface area contributed by atoms with E-state index in [2.05, 4.69) is 0 Å². The van der Waals surface area contributed by atoms with Crippen LogP contribution >= 0.6 is 0 Å². The monoisotopic (exact) mass is 446 g/mol. The smallest absolute Gasteiger partial charge is 0.339 e. The summed E-state index contributed by atoms with van der Waals surface area (Å²) in [5.74, 6) is -1.91. The van der Waals surface area contributed by atoms with Gasteiger partial charge in [-0.1, -0.05) is 24.3 Å². The van der Waals surface area contributed by atoms with Crippen LogP contribution in [0.15, 0.2) is 35.2 Å². The lowest BCUT2D eigenvalue weighted by molar-refractivity contribution is -0.118. The van der Waals surface area contributed by atoms with Gasteiger partial charge in [0, 0.05) is 10.8 Å². The molecule has 2 aromatic carbocycles. The maximum absolute atomic E-state index is 11.4. The summed E-state index contributed by atoms with van der Waals surface area (Å²) in [7, 11) is -4.08. The highest BCUT2D eigenvalue weighted by atomic mass is 32.2. The van der Waals surface area contributed by atoms with Gasteiger partial charge in [0.05, 0.1) is 17.5 Å². The number of aromatic carboxylic acids is 1. The molecule has 0 amide bonds. The number of carbonyl (C=O) groups is 2. The number of benzene rings is 2. The largest absolute Gasteiger partial charge is 0.506 e. The Morgan fingerprint density at radius 1 is 1.10 bits per heavy atom. The van der Waals surface area contributed by atoms with Crippen LogP contribution in [0.3, 0.4) is 0 Å². The van der Waals surface area contributed by atoms with Crippen LogP contribution in [0, 0.1) is 0 Å². The number of aliphatic hydroxyl groups excluding tert-OH is 4. The van der Waals surface area contributed by atoms with Crippen molar-refractivity contribution in [2.45, 2.75) is 29.2 Å². The van der Waals surface area contributed by atoms with Crippen LogP contribution in [-0.2, 0) is 14.8 Å². The Balaban J connectivity index is 0.000000329. The molecule has 0 unspecified atom stereocenters. The number of primary sulfonamides is 1. The molecule has 30 heavy (non-hydrogen) atoms. The van der Waals surface area contributed by atoms with Crippen molar-refractivity contribution in [3.8, 4) is 5.75 Å². The van der Waals surface area contributed by atoms with Crippen molar-refractivity contribution < 1.29 is 48.6 Å². The van der Waals surface area contributed by atoms with E-state index in [9.17, 15) is 23.1 Å². The third kappa shape index (κ3) is 5.93. The number of carbonyl (C=O) groups excluding carboxylic acids is 1. The number of nitrogens with two attached hydrogens (primary N) is 2. The summed E-state index contributed by atoms with van der Waals surface area (Å²) in [5, 5.41) is 59.2. The highest BCUT2D eigenvalue weighted by molar-refractivity contribution is 7.89. The van der Waals surface area contributed by atoms with Crippen molar-refractivity contribution in [1.82, 2.24) is 0 Å². The third-order valence-corrected chi connectivity index (χ3v) is 4.95. The van der Waals surface area contributed by atoms with E-state index >= 15 is 0 Å². The molecule has 0 fully saturated rings. The molecule has 0 aromatic heterocycles. The van der Waals surface area contributed by atoms with Gasteiger partial charge in [0.15, 0.2) is 0 Å². The zero-order valence-electron chi connectivity index (χ0n) is 15.4. The van der Waals surface area contributed by atoms with E-state index in [1.54, 1.807) is 12.1 Å². The van der Waals surface area contributed by atoms with Crippen molar-refractivity contribution in [1.29, 1.82) is 0 Å². The second-order valence-electron chi connectivity index (χ2n) is 6.11. The predicted octanol–water partition coefficient (Wildman–Crippen LogP) is -2.52. The van der Waals surface area contributed by atoms with Crippen LogP contribution in [0.1, 0.15) is 10.4 Å². The van der Waals surface area contributed by atoms with Crippen LogP contribution < -0.4 is 10.9 Å². The minimum Gasteiger partial charge on any atom is -0.506 e. The molecule has 0 radical (unpaired) electrons. The van der Waals surface area contributed by atoms with Crippen molar-refractivity contribution in [3.05, 3.63) is 35.9 Å². The quantitative estimate of drug-likeness (QED) is 0.206. The molecule has 0 spiro atoms. The lowest BCUT2D eigenvalue weighted by atomic mass is 10.0. The molecule has 0 saturated carbocycles. The molecule has 0 bridgehead atoms. The fourth-order valence-corrected chi connectivity index (χ4v) is 3.14. The molecule has 0 heterocycles. The van der Waals surface area contributed by atoms with Crippen LogP contribution in [0.25, 0.3) is 10.8 Å². The molecule has 12 nitrogen and oxygen atoms in total. The number of aromatic hydroxyl groups is 1. The van der Waals surface area contributed by atoms with E-state index in [0.717, 1.165) is 6.07 Å². The lowest BCUT2D eigenvalue weighted by Crippen LogP contribution is -2.49. The highest BCUT2D eigenvalue weighted by Gasteiger charge is 2.28. The number of aldehydes is 1.